The van der Waals surface area contributed by atoms with Crippen LogP contribution < -0.4 is 0 Å². The summed E-state index contributed by atoms with van der Waals surface area (Å²) in [5, 5.41) is 32.6. The van der Waals surface area contributed by atoms with Crippen LogP contribution in [0, 0.1) is 22.6 Å². The van der Waals surface area contributed by atoms with Gasteiger partial charge in [-0.15, -0.1) is 11.8 Å². The first-order valence-electron chi connectivity index (χ1n) is 10.3. The SMILES string of the molecule is O=NC1C[C@H](O)[C@H](CC=CCCCC(=O)O)[C@H]1CC[C@@H](O)CSc1ccc(F)cc1. The Bertz CT molecular complexity index is 699. The van der Waals surface area contributed by atoms with Crippen molar-refractivity contribution in [3.8, 4) is 0 Å². The monoisotopic (exact) mass is 439 g/mol. The Morgan fingerprint density at radius 2 is 2.00 bits per heavy atom. The van der Waals surface area contributed by atoms with E-state index in [4.69, 9.17) is 5.11 Å². The van der Waals surface area contributed by atoms with Gasteiger partial charge in [0, 0.05) is 17.1 Å². The molecule has 1 aromatic carbocycles. The van der Waals surface area contributed by atoms with E-state index in [0.29, 0.717) is 44.3 Å². The predicted molar refractivity (Wildman–Crippen MR) is 115 cm³/mol. The summed E-state index contributed by atoms with van der Waals surface area (Å²) in [5.74, 6) is -0.833. The van der Waals surface area contributed by atoms with Gasteiger partial charge < -0.3 is 15.3 Å². The molecular weight excluding hydrogens is 409 g/mol. The normalized spacial score (nSPS) is 24.9. The molecule has 1 aliphatic rings. The van der Waals surface area contributed by atoms with Crippen molar-refractivity contribution in [3.05, 3.63) is 47.1 Å². The second-order valence-electron chi connectivity index (χ2n) is 7.79. The molecule has 1 aromatic rings. The molecule has 3 N–H and O–H groups in total. The van der Waals surface area contributed by atoms with Gasteiger partial charge >= 0.3 is 5.97 Å². The molecule has 5 atom stereocenters. The summed E-state index contributed by atoms with van der Waals surface area (Å²) >= 11 is 1.45. The van der Waals surface area contributed by atoms with Gasteiger partial charge in [-0.1, -0.05) is 17.3 Å². The minimum absolute atomic E-state index is 0.0911. The maximum Gasteiger partial charge on any atom is 0.303 e. The molecule has 0 heterocycles. The summed E-state index contributed by atoms with van der Waals surface area (Å²) in [4.78, 5) is 22.6. The molecule has 0 bridgehead atoms. The quantitative estimate of drug-likeness (QED) is 0.182. The van der Waals surface area contributed by atoms with Crippen molar-refractivity contribution in [2.24, 2.45) is 17.0 Å². The van der Waals surface area contributed by atoms with Crippen LogP contribution in [0.5, 0.6) is 0 Å². The number of hydrogen-bond donors (Lipinski definition) is 3. The molecule has 0 aromatic heterocycles. The number of carbonyl (C=O) groups is 1. The average Bonchev–Trinajstić information content (AvgIpc) is 3.03. The lowest BCUT2D eigenvalue weighted by Crippen LogP contribution is -2.23. The number of thioether (sulfide) groups is 1. The highest BCUT2D eigenvalue weighted by Crippen LogP contribution is 2.40. The predicted octanol–water partition coefficient (Wildman–Crippen LogP) is 4.39. The Kier molecular flexibility index (Phi) is 10.5. The zero-order valence-electron chi connectivity index (χ0n) is 16.9. The molecule has 0 amide bonds. The number of allylic oxidation sites excluding steroid dienone is 2. The summed E-state index contributed by atoms with van der Waals surface area (Å²) in [6.07, 6.45) is 6.07. The van der Waals surface area contributed by atoms with Crippen LogP contribution in [0.15, 0.2) is 46.5 Å². The Hall–Kier alpha value is -1.77. The Morgan fingerprint density at radius 3 is 2.67 bits per heavy atom. The van der Waals surface area contributed by atoms with Crippen molar-refractivity contribution < 1.29 is 24.5 Å². The van der Waals surface area contributed by atoms with Crippen LogP contribution in [-0.4, -0.2) is 45.3 Å². The number of aliphatic hydroxyl groups excluding tert-OH is 2. The molecule has 1 unspecified atom stereocenters. The van der Waals surface area contributed by atoms with Crippen molar-refractivity contribution in [1.82, 2.24) is 0 Å². The van der Waals surface area contributed by atoms with Crippen molar-refractivity contribution in [2.75, 3.05) is 5.75 Å². The zero-order chi connectivity index (χ0) is 21.9. The minimum atomic E-state index is -0.814. The molecule has 166 valence electrons. The fourth-order valence-electron chi connectivity index (χ4n) is 3.96. The Balaban J connectivity index is 1.80. The van der Waals surface area contributed by atoms with Gasteiger partial charge in [-0.25, -0.2) is 4.39 Å². The minimum Gasteiger partial charge on any atom is -0.481 e. The lowest BCUT2D eigenvalue weighted by molar-refractivity contribution is -0.137. The van der Waals surface area contributed by atoms with Crippen LogP contribution in [0.2, 0.25) is 0 Å². The molecule has 2 rings (SSSR count). The molecule has 6 nitrogen and oxygen atoms in total. The molecule has 0 saturated heterocycles. The number of rotatable bonds is 13. The van der Waals surface area contributed by atoms with E-state index in [1.54, 1.807) is 12.1 Å². The first-order chi connectivity index (χ1) is 14.4. The number of aliphatic hydroxyl groups is 2. The summed E-state index contributed by atoms with van der Waals surface area (Å²) in [6, 6.07) is 5.65. The van der Waals surface area contributed by atoms with Gasteiger partial charge in [-0.3, -0.25) is 4.79 Å². The molecule has 1 aliphatic carbocycles. The third-order valence-corrected chi connectivity index (χ3v) is 6.74. The van der Waals surface area contributed by atoms with Gasteiger partial charge in [0.05, 0.1) is 18.2 Å². The largest absolute Gasteiger partial charge is 0.481 e. The summed E-state index contributed by atoms with van der Waals surface area (Å²) < 4.78 is 13.0. The van der Waals surface area contributed by atoms with Crippen LogP contribution in [0.1, 0.15) is 44.9 Å². The summed E-state index contributed by atoms with van der Waals surface area (Å²) in [7, 11) is 0. The third-order valence-electron chi connectivity index (χ3n) is 5.58. The highest BCUT2D eigenvalue weighted by Gasteiger charge is 2.42. The zero-order valence-corrected chi connectivity index (χ0v) is 17.7. The lowest BCUT2D eigenvalue weighted by Gasteiger charge is -2.23. The van der Waals surface area contributed by atoms with Crippen LogP contribution >= 0.6 is 11.8 Å². The number of carboxylic acids is 1. The van der Waals surface area contributed by atoms with Crippen LogP contribution in [0.3, 0.4) is 0 Å². The average molecular weight is 440 g/mol. The summed E-state index contributed by atoms with van der Waals surface area (Å²) in [6.45, 7) is 0. The van der Waals surface area contributed by atoms with E-state index in [-0.39, 0.29) is 24.1 Å². The smallest absolute Gasteiger partial charge is 0.303 e. The van der Waals surface area contributed by atoms with Gasteiger partial charge in [0.15, 0.2) is 0 Å². The number of carboxylic acid groups (broad SMARTS) is 1. The molecule has 0 aliphatic heterocycles. The summed E-state index contributed by atoms with van der Waals surface area (Å²) in [5.41, 5.74) is 0. The second-order valence-corrected chi connectivity index (χ2v) is 8.89. The Labute approximate surface area is 180 Å². The van der Waals surface area contributed by atoms with Gasteiger partial charge in [-0.2, -0.15) is 4.91 Å². The molecular formula is C22H30FNO5S. The standard InChI is InChI=1S/C22H30FNO5S/c23-15-7-10-17(11-8-15)30-14-16(25)9-12-18-19(21(26)13-20(18)24-29)5-3-1-2-4-6-22(27)28/h1,3,7-8,10-11,16,18-21,25-26H,2,4-6,9,12-14H2,(H,27,28)/t16-,18-,19-,20?,21+/m1/s1. The van der Waals surface area contributed by atoms with E-state index in [1.165, 1.54) is 23.9 Å². The molecule has 1 fully saturated rings. The van der Waals surface area contributed by atoms with Crippen LogP contribution in [-0.2, 0) is 4.79 Å². The van der Waals surface area contributed by atoms with E-state index >= 15 is 0 Å². The van der Waals surface area contributed by atoms with E-state index < -0.39 is 24.2 Å². The molecule has 1 saturated carbocycles. The number of hydrogen-bond acceptors (Lipinski definition) is 6. The lowest BCUT2D eigenvalue weighted by atomic mass is 9.85. The van der Waals surface area contributed by atoms with Crippen molar-refractivity contribution in [3.63, 3.8) is 0 Å². The van der Waals surface area contributed by atoms with Gasteiger partial charge in [0.2, 0.25) is 0 Å². The van der Waals surface area contributed by atoms with Gasteiger partial charge in [0.1, 0.15) is 5.82 Å². The molecule has 8 heteroatoms. The molecule has 30 heavy (non-hydrogen) atoms. The Morgan fingerprint density at radius 1 is 1.27 bits per heavy atom. The van der Waals surface area contributed by atoms with E-state index in [9.17, 15) is 24.3 Å². The number of halogens is 1. The number of benzene rings is 1. The number of aliphatic carboxylic acids is 1. The van der Waals surface area contributed by atoms with Crippen molar-refractivity contribution >= 4 is 17.7 Å². The van der Waals surface area contributed by atoms with Gasteiger partial charge in [-0.05, 0) is 74.6 Å². The topological polar surface area (TPSA) is 107 Å². The highest BCUT2D eigenvalue weighted by atomic mass is 32.2. The highest BCUT2D eigenvalue weighted by molar-refractivity contribution is 7.99. The maximum absolute atomic E-state index is 13.0. The fraction of sp³-hybridized carbons (Fsp3) is 0.591. The number of unbranched alkanes of at least 4 members (excludes halogenated alkanes) is 1. The molecule has 0 spiro atoms. The van der Waals surface area contributed by atoms with Crippen molar-refractivity contribution in [2.45, 2.75) is 68.1 Å². The van der Waals surface area contributed by atoms with E-state index in [2.05, 4.69) is 5.18 Å². The molecule has 0 radical (unpaired) electrons. The van der Waals surface area contributed by atoms with E-state index in [0.717, 1.165) is 4.90 Å². The fourth-order valence-corrected chi connectivity index (χ4v) is 4.84. The first-order valence-corrected chi connectivity index (χ1v) is 11.3. The first kappa shape index (κ1) is 24.5. The van der Waals surface area contributed by atoms with Crippen molar-refractivity contribution in [1.29, 1.82) is 0 Å². The van der Waals surface area contributed by atoms with Gasteiger partial charge in [0.25, 0.3) is 0 Å². The number of nitroso groups, excluding NO2 is 1. The maximum atomic E-state index is 13.0. The number of nitrogens with zero attached hydrogens (tertiary/aromatic N) is 1. The third kappa shape index (κ3) is 8.16. The van der Waals surface area contributed by atoms with Crippen LogP contribution in [0.25, 0.3) is 0 Å². The van der Waals surface area contributed by atoms with Crippen LogP contribution in [0.4, 0.5) is 4.39 Å². The second kappa shape index (κ2) is 12.8. The van der Waals surface area contributed by atoms with E-state index in [1.807, 2.05) is 12.2 Å².